The number of carbonyl (C=O) groups excluding carboxylic acids is 2. The van der Waals surface area contributed by atoms with Gasteiger partial charge in [0.25, 0.3) is 5.91 Å². The van der Waals surface area contributed by atoms with Crippen molar-refractivity contribution in [2.45, 2.75) is 6.92 Å². The van der Waals surface area contributed by atoms with Gasteiger partial charge in [-0.25, -0.2) is 4.39 Å². The summed E-state index contributed by atoms with van der Waals surface area (Å²) in [6, 6.07) is 12.9. The van der Waals surface area contributed by atoms with Crippen LogP contribution in [0.1, 0.15) is 15.9 Å². The molecule has 2 aromatic rings. The van der Waals surface area contributed by atoms with Crippen LogP contribution in [0.25, 0.3) is 0 Å². The highest BCUT2D eigenvalue weighted by Crippen LogP contribution is 2.14. The number of ether oxygens (including phenoxy) is 2. The SMILES string of the molecule is Cc1ccc(C(=O)NCC(=O)OCCOc2ccccc2F)cc1. The Morgan fingerprint density at radius 2 is 1.75 bits per heavy atom. The van der Waals surface area contributed by atoms with E-state index in [0.717, 1.165) is 5.56 Å². The van der Waals surface area contributed by atoms with E-state index in [2.05, 4.69) is 5.32 Å². The molecule has 0 aliphatic heterocycles. The molecular formula is C18H18FNO4. The Labute approximate surface area is 139 Å². The first-order valence-electron chi connectivity index (χ1n) is 7.44. The van der Waals surface area contributed by atoms with Gasteiger partial charge < -0.3 is 14.8 Å². The maximum atomic E-state index is 13.3. The Bertz CT molecular complexity index is 700. The molecule has 1 N–H and O–H groups in total. The predicted octanol–water partition coefficient (Wildman–Crippen LogP) is 2.49. The van der Waals surface area contributed by atoms with Gasteiger partial charge in [0.05, 0.1) is 0 Å². The fourth-order valence-electron chi connectivity index (χ4n) is 1.88. The molecule has 0 heterocycles. The smallest absolute Gasteiger partial charge is 0.325 e. The molecule has 126 valence electrons. The van der Waals surface area contributed by atoms with Crippen LogP contribution in [0, 0.1) is 12.7 Å². The van der Waals surface area contributed by atoms with Gasteiger partial charge in [-0.15, -0.1) is 0 Å². The first-order chi connectivity index (χ1) is 11.6. The third kappa shape index (κ3) is 5.39. The summed E-state index contributed by atoms with van der Waals surface area (Å²) in [4.78, 5) is 23.4. The van der Waals surface area contributed by atoms with Crippen molar-refractivity contribution in [3.05, 3.63) is 65.5 Å². The van der Waals surface area contributed by atoms with Crippen LogP contribution in [0.5, 0.6) is 5.75 Å². The van der Waals surface area contributed by atoms with E-state index in [0.29, 0.717) is 5.56 Å². The Hall–Kier alpha value is -2.89. The highest BCUT2D eigenvalue weighted by Gasteiger charge is 2.09. The first kappa shape index (κ1) is 17.5. The molecule has 5 nitrogen and oxygen atoms in total. The van der Waals surface area contributed by atoms with Crippen LogP contribution in [-0.4, -0.2) is 31.6 Å². The van der Waals surface area contributed by atoms with Crippen molar-refractivity contribution in [2.75, 3.05) is 19.8 Å². The monoisotopic (exact) mass is 331 g/mol. The molecule has 0 aliphatic rings. The fraction of sp³-hybridized carbons (Fsp3) is 0.222. The summed E-state index contributed by atoms with van der Waals surface area (Å²) in [5.74, 6) is -1.32. The van der Waals surface area contributed by atoms with Crippen molar-refractivity contribution in [3.8, 4) is 5.75 Å². The van der Waals surface area contributed by atoms with Gasteiger partial charge in [-0.3, -0.25) is 9.59 Å². The number of esters is 1. The number of nitrogens with one attached hydrogen (secondary N) is 1. The van der Waals surface area contributed by atoms with E-state index >= 15 is 0 Å². The number of carbonyl (C=O) groups is 2. The number of halogens is 1. The second-order valence-corrected chi connectivity index (χ2v) is 5.05. The Kier molecular flexibility index (Phi) is 6.31. The molecule has 6 heteroatoms. The van der Waals surface area contributed by atoms with E-state index in [4.69, 9.17) is 9.47 Å². The summed E-state index contributed by atoms with van der Waals surface area (Å²) in [5, 5.41) is 2.47. The van der Waals surface area contributed by atoms with Crippen LogP contribution in [0.4, 0.5) is 4.39 Å². The minimum atomic E-state index is -0.590. The van der Waals surface area contributed by atoms with E-state index in [1.165, 1.54) is 12.1 Å². The quantitative estimate of drug-likeness (QED) is 0.625. The third-order valence-electron chi connectivity index (χ3n) is 3.15. The topological polar surface area (TPSA) is 64.6 Å². The molecule has 2 rings (SSSR count). The minimum absolute atomic E-state index is 0.0264. The van der Waals surface area contributed by atoms with Crippen LogP contribution < -0.4 is 10.1 Å². The number of benzene rings is 2. The Morgan fingerprint density at radius 1 is 1.04 bits per heavy atom. The van der Waals surface area contributed by atoms with Crippen LogP contribution in [0.2, 0.25) is 0 Å². The summed E-state index contributed by atoms with van der Waals surface area (Å²) in [7, 11) is 0. The standard InChI is InChI=1S/C18H18FNO4/c1-13-6-8-14(9-7-13)18(22)20-12-17(21)24-11-10-23-16-5-3-2-4-15(16)19/h2-9H,10-12H2,1H3,(H,20,22). The van der Waals surface area contributed by atoms with Crippen molar-refractivity contribution in [1.29, 1.82) is 0 Å². The molecule has 0 aromatic heterocycles. The molecule has 0 aliphatic carbocycles. The van der Waals surface area contributed by atoms with Gasteiger partial charge in [-0.05, 0) is 31.2 Å². The van der Waals surface area contributed by atoms with E-state index in [9.17, 15) is 14.0 Å². The van der Waals surface area contributed by atoms with Crippen molar-refractivity contribution in [2.24, 2.45) is 0 Å². The number of para-hydroxylation sites is 1. The zero-order chi connectivity index (χ0) is 17.4. The third-order valence-corrected chi connectivity index (χ3v) is 3.15. The molecule has 1 amide bonds. The molecule has 0 spiro atoms. The second-order valence-electron chi connectivity index (χ2n) is 5.05. The summed E-state index contributed by atoms with van der Waals surface area (Å²) in [5.41, 5.74) is 1.51. The lowest BCUT2D eigenvalue weighted by Gasteiger charge is -2.09. The minimum Gasteiger partial charge on any atom is -0.487 e. The number of amides is 1. The summed E-state index contributed by atoms with van der Waals surface area (Å²) in [6.07, 6.45) is 0. The molecule has 0 radical (unpaired) electrons. The number of aryl methyl sites for hydroxylation is 1. The zero-order valence-electron chi connectivity index (χ0n) is 13.3. The van der Waals surface area contributed by atoms with E-state index < -0.39 is 11.8 Å². The molecule has 2 aromatic carbocycles. The van der Waals surface area contributed by atoms with Crippen LogP contribution in [0.3, 0.4) is 0 Å². The maximum Gasteiger partial charge on any atom is 0.325 e. The van der Waals surface area contributed by atoms with Crippen LogP contribution >= 0.6 is 0 Å². The van der Waals surface area contributed by atoms with Gasteiger partial charge >= 0.3 is 5.97 Å². The fourth-order valence-corrected chi connectivity index (χ4v) is 1.88. The van der Waals surface area contributed by atoms with Gasteiger partial charge in [-0.1, -0.05) is 29.8 Å². The lowest BCUT2D eigenvalue weighted by atomic mass is 10.1. The van der Waals surface area contributed by atoms with E-state index in [1.54, 1.807) is 24.3 Å². The average molecular weight is 331 g/mol. The van der Waals surface area contributed by atoms with Gasteiger partial charge in [-0.2, -0.15) is 0 Å². The van der Waals surface area contributed by atoms with Gasteiger partial charge in [0.15, 0.2) is 11.6 Å². The zero-order valence-corrected chi connectivity index (χ0v) is 13.3. The molecular weight excluding hydrogens is 313 g/mol. The summed E-state index contributed by atoms with van der Waals surface area (Å²) >= 11 is 0. The van der Waals surface area contributed by atoms with E-state index in [1.807, 2.05) is 19.1 Å². The summed E-state index contributed by atoms with van der Waals surface area (Å²) < 4.78 is 23.4. The molecule has 0 atom stereocenters. The van der Waals surface area contributed by atoms with Crippen molar-refractivity contribution >= 4 is 11.9 Å². The predicted molar refractivity (Wildman–Crippen MR) is 86.4 cm³/mol. The van der Waals surface area contributed by atoms with Crippen LogP contribution in [-0.2, 0) is 9.53 Å². The second kappa shape index (κ2) is 8.67. The largest absolute Gasteiger partial charge is 0.487 e. The molecule has 0 unspecified atom stereocenters. The first-order valence-corrected chi connectivity index (χ1v) is 7.44. The molecule has 0 fully saturated rings. The number of hydrogen-bond acceptors (Lipinski definition) is 4. The number of rotatable bonds is 7. The Balaban J connectivity index is 1.65. The van der Waals surface area contributed by atoms with Crippen molar-refractivity contribution in [3.63, 3.8) is 0 Å². The van der Waals surface area contributed by atoms with Crippen molar-refractivity contribution < 1.29 is 23.5 Å². The normalized spacial score (nSPS) is 10.1. The molecule has 0 saturated heterocycles. The highest BCUT2D eigenvalue weighted by atomic mass is 19.1. The molecule has 0 saturated carbocycles. The van der Waals surface area contributed by atoms with Gasteiger partial charge in [0.2, 0.25) is 0 Å². The lowest BCUT2D eigenvalue weighted by molar-refractivity contribution is -0.143. The van der Waals surface area contributed by atoms with Crippen LogP contribution in [0.15, 0.2) is 48.5 Å². The number of hydrogen-bond donors (Lipinski definition) is 1. The van der Waals surface area contributed by atoms with Gasteiger partial charge in [0.1, 0.15) is 19.8 Å². The van der Waals surface area contributed by atoms with Crippen molar-refractivity contribution in [1.82, 2.24) is 5.32 Å². The Morgan fingerprint density at radius 3 is 2.46 bits per heavy atom. The maximum absolute atomic E-state index is 13.3. The molecule has 24 heavy (non-hydrogen) atoms. The summed E-state index contributed by atoms with van der Waals surface area (Å²) in [6.45, 7) is 1.67. The van der Waals surface area contributed by atoms with Gasteiger partial charge in [0, 0.05) is 5.56 Å². The highest BCUT2D eigenvalue weighted by molar-refractivity contribution is 5.95. The molecule has 0 bridgehead atoms. The van der Waals surface area contributed by atoms with E-state index in [-0.39, 0.29) is 31.4 Å². The average Bonchev–Trinajstić information content (AvgIpc) is 2.58. The lowest BCUT2D eigenvalue weighted by Crippen LogP contribution is -2.31.